The summed E-state index contributed by atoms with van der Waals surface area (Å²) >= 11 is 2.70. The molecule has 11 heteroatoms. The number of rotatable bonds is 7. The van der Waals surface area contributed by atoms with Crippen LogP contribution >= 0.6 is 22.7 Å². The smallest absolute Gasteiger partial charge is 0.413 e. The van der Waals surface area contributed by atoms with Crippen LogP contribution in [0.4, 0.5) is 15.1 Å². The van der Waals surface area contributed by atoms with Gasteiger partial charge in [0.2, 0.25) is 5.91 Å². The number of aromatic nitrogens is 2. The number of carbonyl (C=O) groups is 2. The Bertz CT molecular complexity index is 1060. The first-order valence-electron chi connectivity index (χ1n) is 11.2. The SMILES string of the molecule is C=CCOC(=O)Nc1nc2c(s1)C[C@@H]1[C@](C)(CO)[C@H](O)CC[C@@]1(C)[C@@H]2CC(=O)Nc1nccs1. The molecule has 4 N–H and O–H groups in total. The van der Waals surface area contributed by atoms with Crippen molar-refractivity contribution in [3.05, 3.63) is 34.8 Å². The number of nitrogens with zero attached hydrogens (tertiary/aromatic N) is 2. The Morgan fingerprint density at radius 1 is 1.35 bits per heavy atom. The van der Waals surface area contributed by atoms with Gasteiger partial charge in [-0.2, -0.15) is 0 Å². The van der Waals surface area contributed by atoms with Crippen molar-refractivity contribution in [3.8, 4) is 0 Å². The number of thiazole rings is 2. The molecule has 2 aromatic heterocycles. The van der Waals surface area contributed by atoms with Gasteiger partial charge >= 0.3 is 6.09 Å². The average molecular weight is 507 g/mol. The fourth-order valence-corrected chi connectivity index (χ4v) is 7.20. The average Bonchev–Trinajstić information content (AvgIpc) is 3.46. The van der Waals surface area contributed by atoms with Crippen LogP contribution in [0.15, 0.2) is 24.2 Å². The molecule has 4 rings (SSSR count). The fraction of sp³-hybridized carbons (Fsp3) is 0.565. The fourth-order valence-electron chi connectivity index (χ4n) is 5.60. The van der Waals surface area contributed by atoms with Crippen LogP contribution in [0.25, 0.3) is 0 Å². The molecule has 0 radical (unpaired) electrons. The highest BCUT2D eigenvalue weighted by molar-refractivity contribution is 7.16. The van der Waals surface area contributed by atoms with Gasteiger partial charge in [-0.15, -0.1) is 22.7 Å². The molecule has 0 aliphatic heterocycles. The molecule has 2 aromatic rings. The molecule has 34 heavy (non-hydrogen) atoms. The van der Waals surface area contributed by atoms with Crippen molar-refractivity contribution >= 4 is 44.9 Å². The van der Waals surface area contributed by atoms with Gasteiger partial charge in [-0.25, -0.2) is 14.8 Å². The zero-order valence-corrected chi connectivity index (χ0v) is 20.9. The maximum Gasteiger partial charge on any atom is 0.413 e. The first kappa shape index (κ1) is 24.8. The van der Waals surface area contributed by atoms with Crippen molar-refractivity contribution in [2.24, 2.45) is 16.7 Å². The summed E-state index contributed by atoms with van der Waals surface area (Å²) < 4.78 is 5.02. The predicted octanol–water partition coefficient (Wildman–Crippen LogP) is 3.78. The van der Waals surface area contributed by atoms with E-state index in [0.717, 1.165) is 10.6 Å². The molecule has 2 heterocycles. The second-order valence-corrected chi connectivity index (χ2v) is 11.4. The number of amides is 2. The number of ether oxygens (including phenoxy) is 1. The summed E-state index contributed by atoms with van der Waals surface area (Å²) in [5.41, 5.74) is -0.304. The van der Waals surface area contributed by atoms with Crippen molar-refractivity contribution in [2.75, 3.05) is 23.8 Å². The summed E-state index contributed by atoms with van der Waals surface area (Å²) in [5.74, 6) is -0.493. The van der Waals surface area contributed by atoms with Gasteiger partial charge < -0.3 is 20.3 Å². The zero-order valence-electron chi connectivity index (χ0n) is 19.2. The molecule has 1 saturated carbocycles. The van der Waals surface area contributed by atoms with E-state index in [1.165, 1.54) is 28.7 Å². The van der Waals surface area contributed by atoms with Crippen LogP contribution in [-0.4, -0.2) is 51.5 Å². The van der Waals surface area contributed by atoms with E-state index in [4.69, 9.17) is 9.72 Å². The van der Waals surface area contributed by atoms with E-state index in [0.29, 0.717) is 29.5 Å². The number of fused-ring (bicyclic) bond motifs is 2. The van der Waals surface area contributed by atoms with Crippen LogP contribution in [0.2, 0.25) is 0 Å². The zero-order chi connectivity index (χ0) is 24.5. The highest BCUT2D eigenvalue weighted by Gasteiger charge is 2.59. The molecule has 184 valence electrons. The molecule has 0 bridgehead atoms. The summed E-state index contributed by atoms with van der Waals surface area (Å²) in [6.07, 6.45) is 3.88. The largest absolute Gasteiger partial charge is 0.445 e. The van der Waals surface area contributed by atoms with Crippen molar-refractivity contribution in [1.82, 2.24) is 9.97 Å². The molecule has 2 amide bonds. The van der Waals surface area contributed by atoms with Crippen molar-refractivity contribution in [3.63, 3.8) is 0 Å². The first-order valence-corrected chi connectivity index (χ1v) is 12.9. The third-order valence-corrected chi connectivity index (χ3v) is 9.20. The van der Waals surface area contributed by atoms with Gasteiger partial charge in [0, 0.05) is 34.2 Å². The Labute approximate surface area is 206 Å². The lowest BCUT2D eigenvalue weighted by Crippen LogP contribution is -2.57. The lowest BCUT2D eigenvalue weighted by molar-refractivity contribution is -0.143. The van der Waals surface area contributed by atoms with Crippen LogP contribution in [0.5, 0.6) is 0 Å². The van der Waals surface area contributed by atoms with Crippen LogP contribution in [0.3, 0.4) is 0 Å². The van der Waals surface area contributed by atoms with Crippen molar-refractivity contribution < 1.29 is 24.5 Å². The van der Waals surface area contributed by atoms with E-state index in [-0.39, 0.29) is 42.8 Å². The van der Waals surface area contributed by atoms with Crippen molar-refractivity contribution in [2.45, 2.75) is 51.6 Å². The molecular formula is C23H30N4O5S2. The predicted molar refractivity (Wildman–Crippen MR) is 131 cm³/mol. The van der Waals surface area contributed by atoms with E-state index in [1.807, 2.05) is 6.92 Å². The van der Waals surface area contributed by atoms with Gasteiger partial charge in [0.05, 0.1) is 18.4 Å². The van der Waals surface area contributed by atoms with E-state index in [2.05, 4.69) is 29.1 Å². The van der Waals surface area contributed by atoms with Gasteiger partial charge in [-0.1, -0.05) is 26.5 Å². The number of carbonyl (C=O) groups excluding carboxylic acids is 2. The monoisotopic (exact) mass is 506 g/mol. The lowest BCUT2D eigenvalue weighted by Gasteiger charge is -2.58. The Morgan fingerprint density at radius 2 is 2.15 bits per heavy atom. The molecule has 1 fully saturated rings. The molecule has 0 aromatic carbocycles. The van der Waals surface area contributed by atoms with Crippen LogP contribution in [0, 0.1) is 16.7 Å². The van der Waals surface area contributed by atoms with E-state index in [1.54, 1.807) is 11.6 Å². The number of hydrogen-bond donors (Lipinski definition) is 4. The number of aliphatic hydroxyl groups is 2. The van der Waals surface area contributed by atoms with Gasteiger partial charge in [0.15, 0.2) is 10.3 Å². The number of hydrogen-bond acceptors (Lipinski definition) is 9. The Kier molecular flexibility index (Phi) is 7.09. The lowest BCUT2D eigenvalue weighted by atomic mass is 9.47. The number of anilines is 2. The minimum absolute atomic E-state index is 0.0695. The molecule has 0 saturated heterocycles. The minimum Gasteiger partial charge on any atom is -0.445 e. The number of aliphatic hydroxyl groups excluding tert-OH is 2. The molecule has 9 nitrogen and oxygen atoms in total. The number of nitrogens with one attached hydrogen (secondary N) is 2. The quantitative estimate of drug-likeness (QED) is 0.420. The minimum atomic E-state index is -0.713. The topological polar surface area (TPSA) is 134 Å². The van der Waals surface area contributed by atoms with E-state index in [9.17, 15) is 19.8 Å². The third-order valence-electron chi connectivity index (χ3n) is 7.50. The van der Waals surface area contributed by atoms with E-state index >= 15 is 0 Å². The molecule has 0 unspecified atom stereocenters. The second-order valence-electron chi connectivity index (χ2n) is 9.46. The Hall–Kier alpha value is -2.34. The molecule has 0 spiro atoms. The van der Waals surface area contributed by atoms with E-state index < -0.39 is 17.6 Å². The van der Waals surface area contributed by atoms with Gasteiger partial charge in [0.1, 0.15) is 6.61 Å². The second kappa shape index (κ2) is 9.73. The normalized spacial score (nSPS) is 30.1. The standard InChI is InChI=1S/C23H30N4O5S2/c1-4-8-32-21(31)27-20-26-18-13(10-17(30)25-19-24-7-9-33-19)22(2)6-5-16(29)23(3,12-28)15(22)11-14(18)34-20/h4,7,9,13,15-16,28-29H,1,5-6,8,10-12H2,2-3H3,(H,24,25,30)(H,26,27,31)/t13-,15+,16-,22+,23+/m1/s1. The van der Waals surface area contributed by atoms with Gasteiger partial charge in [0.25, 0.3) is 0 Å². The highest BCUT2D eigenvalue weighted by Crippen LogP contribution is 2.62. The summed E-state index contributed by atoms with van der Waals surface area (Å²) in [5, 5.41) is 29.4. The highest BCUT2D eigenvalue weighted by atomic mass is 32.1. The van der Waals surface area contributed by atoms with Crippen molar-refractivity contribution in [1.29, 1.82) is 0 Å². The Morgan fingerprint density at radius 3 is 2.82 bits per heavy atom. The first-order chi connectivity index (χ1) is 16.2. The molecular weight excluding hydrogens is 476 g/mol. The molecule has 5 atom stereocenters. The van der Waals surface area contributed by atoms with Crippen LogP contribution in [0.1, 0.15) is 49.6 Å². The Balaban J connectivity index is 1.68. The van der Waals surface area contributed by atoms with Gasteiger partial charge in [-0.05, 0) is 30.6 Å². The summed E-state index contributed by atoms with van der Waals surface area (Å²) in [4.78, 5) is 34.9. The van der Waals surface area contributed by atoms with Crippen LogP contribution < -0.4 is 10.6 Å². The summed E-state index contributed by atoms with van der Waals surface area (Å²) in [6, 6.07) is 0. The third kappa shape index (κ3) is 4.49. The maximum absolute atomic E-state index is 13.0. The van der Waals surface area contributed by atoms with Crippen LogP contribution in [-0.2, 0) is 16.0 Å². The summed E-state index contributed by atoms with van der Waals surface area (Å²) in [7, 11) is 0. The molecule has 2 aliphatic rings. The van der Waals surface area contributed by atoms with Gasteiger partial charge in [-0.3, -0.25) is 10.1 Å². The molecule has 2 aliphatic carbocycles. The maximum atomic E-state index is 13.0. The summed E-state index contributed by atoms with van der Waals surface area (Å²) in [6.45, 7) is 7.52.